The first kappa shape index (κ1) is 13.1. The summed E-state index contributed by atoms with van der Waals surface area (Å²) >= 11 is 0. The number of alkyl halides is 3. The van der Waals surface area contributed by atoms with Gasteiger partial charge in [0.2, 0.25) is 0 Å². The van der Waals surface area contributed by atoms with Crippen LogP contribution in [0, 0.1) is 0 Å². The van der Waals surface area contributed by atoms with Gasteiger partial charge in [-0.1, -0.05) is 41.6 Å². The number of rotatable bonds is 2. The van der Waals surface area contributed by atoms with E-state index in [4.69, 9.17) is 5.21 Å². The van der Waals surface area contributed by atoms with Crippen molar-refractivity contribution in [3.05, 3.63) is 59.7 Å². The minimum absolute atomic E-state index is 0.666. The molecule has 0 aliphatic heterocycles. The smallest absolute Gasteiger partial charge is 0.411 e. The van der Waals surface area contributed by atoms with Crippen LogP contribution >= 0.6 is 0 Å². The van der Waals surface area contributed by atoms with Gasteiger partial charge in [-0.25, -0.2) is 0 Å². The van der Waals surface area contributed by atoms with Crippen molar-refractivity contribution in [2.24, 2.45) is 5.16 Å². The van der Waals surface area contributed by atoms with Gasteiger partial charge in [0.1, 0.15) is 0 Å². The molecule has 0 radical (unpaired) electrons. The highest BCUT2D eigenvalue weighted by molar-refractivity contribution is 5.80. The van der Waals surface area contributed by atoms with Crippen LogP contribution in [0.4, 0.5) is 13.2 Å². The first-order valence-electron chi connectivity index (χ1n) is 5.46. The lowest BCUT2D eigenvalue weighted by Gasteiger charge is -2.07. The number of hydrogen-bond acceptors (Lipinski definition) is 2. The molecule has 0 atom stereocenters. The zero-order chi connectivity index (χ0) is 13.9. The molecule has 2 aromatic rings. The third-order valence-electron chi connectivity index (χ3n) is 2.66. The van der Waals surface area contributed by atoms with Crippen LogP contribution < -0.4 is 0 Å². The molecule has 5 heteroatoms. The van der Waals surface area contributed by atoms with Crippen molar-refractivity contribution in [1.29, 1.82) is 0 Å². The highest BCUT2D eigenvalue weighted by atomic mass is 19.4. The van der Waals surface area contributed by atoms with Crippen LogP contribution in [0.1, 0.15) is 11.1 Å². The molecule has 0 amide bonds. The summed E-state index contributed by atoms with van der Waals surface area (Å²) in [6, 6.07) is 11.9. The van der Waals surface area contributed by atoms with Crippen LogP contribution in [-0.4, -0.2) is 11.4 Å². The second kappa shape index (κ2) is 5.14. The monoisotopic (exact) mass is 265 g/mol. The standard InChI is InChI=1S/C14H10F3NO/c15-14(16,17)13-7-5-12(6-8-13)11-3-1-10(2-4-11)9-18-19/h1-9,19H/b18-9+. The number of oxime groups is 1. The van der Waals surface area contributed by atoms with Gasteiger partial charge in [-0.15, -0.1) is 0 Å². The van der Waals surface area contributed by atoms with Crippen LogP contribution in [0.3, 0.4) is 0 Å². The van der Waals surface area contributed by atoms with Crippen molar-refractivity contribution in [2.45, 2.75) is 6.18 Å². The molecule has 0 aliphatic carbocycles. The molecule has 0 spiro atoms. The van der Waals surface area contributed by atoms with Crippen LogP contribution in [-0.2, 0) is 6.18 Å². The van der Waals surface area contributed by atoms with Gasteiger partial charge >= 0.3 is 6.18 Å². The fraction of sp³-hybridized carbons (Fsp3) is 0.0714. The van der Waals surface area contributed by atoms with Crippen LogP contribution in [0.2, 0.25) is 0 Å². The van der Waals surface area contributed by atoms with Gasteiger partial charge in [0, 0.05) is 0 Å². The lowest BCUT2D eigenvalue weighted by atomic mass is 10.0. The molecule has 0 heterocycles. The third-order valence-corrected chi connectivity index (χ3v) is 2.66. The molecule has 0 aliphatic rings. The van der Waals surface area contributed by atoms with E-state index in [2.05, 4.69) is 5.16 Å². The Bertz CT molecular complexity index is 571. The van der Waals surface area contributed by atoms with E-state index < -0.39 is 11.7 Å². The van der Waals surface area contributed by atoms with Gasteiger partial charge in [0.15, 0.2) is 0 Å². The van der Waals surface area contributed by atoms with Crippen molar-refractivity contribution >= 4 is 6.21 Å². The summed E-state index contributed by atoms with van der Waals surface area (Å²) in [7, 11) is 0. The number of benzene rings is 2. The minimum Gasteiger partial charge on any atom is -0.411 e. The normalized spacial score (nSPS) is 11.9. The molecule has 1 N–H and O–H groups in total. The second-order valence-electron chi connectivity index (χ2n) is 3.94. The van der Waals surface area contributed by atoms with Crippen LogP contribution in [0.5, 0.6) is 0 Å². The number of hydrogen-bond donors (Lipinski definition) is 1. The van der Waals surface area contributed by atoms with Gasteiger partial charge < -0.3 is 5.21 Å². The molecule has 0 saturated carbocycles. The number of halogens is 3. The van der Waals surface area contributed by atoms with Crippen molar-refractivity contribution in [3.63, 3.8) is 0 Å². The molecule has 98 valence electrons. The molecular weight excluding hydrogens is 255 g/mol. The Labute approximate surface area is 107 Å². The van der Waals surface area contributed by atoms with Crippen LogP contribution in [0.15, 0.2) is 53.7 Å². The molecule has 0 saturated heterocycles. The summed E-state index contributed by atoms with van der Waals surface area (Å²) in [5.74, 6) is 0. The molecule has 2 rings (SSSR count). The summed E-state index contributed by atoms with van der Waals surface area (Å²) < 4.78 is 37.3. The van der Waals surface area contributed by atoms with Crippen molar-refractivity contribution in [2.75, 3.05) is 0 Å². The van der Waals surface area contributed by atoms with Crippen molar-refractivity contribution in [3.8, 4) is 11.1 Å². The second-order valence-corrected chi connectivity index (χ2v) is 3.94. The van der Waals surface area contributed by atoms with E-state index in [1.807, 2.05) is 0 Å². The summed E-state index contributed by atoms with van der Waals surface area (Å²) in [5.41, 5.74) is 1.53. The predicted molar refractivity (Wildman–Crippen MR) is 66.3 cm³/mol. The van der Waals surface area contributed by atoms with Crippen molar-refractivity contribution in [1.82, 2.24) is 0 Å². The maximum Gasteiger partial charge on any atom is 0.416 e. The quantitative estimate of drug-likeness (QED) is 0.493. The third kappa shape index (κ3) is 3.13. The van der Waals surface area contributed by atoms with Crippen LogP contribution in [0.25, 0.3) is 11.1 Å². The maximum atomic E-state index is 12.4. The summed E-state index contributed by atoms with van der Waals surface area (Å²) in [6.45, 7) is 0. The Balaban J connectivity index is 2.27. The topological polar surface area (TPSA) is 32.6 Å². The maximum absolute atomic E-state index is 12.4. The average molecular weight is 265 g/mol. The molecule has 19 heavy (non-hydrogen) atoms. The highest BCUT2D eigenvalue weighted by Crippen LogP contribution is 2.30. The Morgan fingerprint density at radius 2 is 1.32 bits per heavy atom. The summed E-state index contributed by atoms with van der Waals surface area (Å²) in [5, 5.41) is 11.3. The first-order valence-corrected chi connectivity index (χ1v) is 5.46. The SMILES string of the molecule is O/N=C/c1ccc(-c2ccc(C(F)(F)F)cc2)cc1. The van der Waals surface area contributed by atoms with Gasteiger partial charge in [-0.2, -0.15) is 13.2 Å². The van der Waals surface area contributed by atoms with Gasteiger partial charge in [-0.05, 0) is 28.8 Å². The Morgan fingerprint density at radius 3 is 1.74 bits per heavy atom. The predicted octanol–water partition coefficient (Wildman–Crippen LogP) is 4.18. The zero-order valence-corrected chi connectivity index (χ0v) is 9.72. The molecule has 0 aromatic heterocycles. The molecule has 0 bridgehead atoms. The Morgan fingerprint density at radius 1 is 0.842 bits per heavy atom. The van der Waals surface area contributed by atoms with E-state index in [0.717, 1.165) is 17.7 Å². The largest absolute Gasteiger partial charge is 0.416 e. The average Bonchev–Trinajstić information content (AvgIpc) is 2.39. The molecule has 2 nitrogen and oxygen atoms in total. The highest BCUT2D eigenvalue weighted by Gasteiger charge is 2.29. The van der Waals surface area contributed by atoms with Gasteiger partial charge in [0.25, 0.3) is 0 Å². The van der Waals surface area contributed by atoms with E-state index >= 15 is 0 Å². The van der Waals surface area contributed by atoms with E-state index in [9.17, 15) is 13.2 Å². The van der Waals surface area contributed by atoms with E-state index in [1.165, 1.54) is 18.3 Å². The minimum atomic E-state index is -4.32. The molecule has 2 aromatic carbocycles. The van der Waals surface area contributed by atoms with E-state index in [-0.39, 0.29) is 0 Å². The molecule has 0 unspecified atom stereocenters. The lowest BCUT2D eigenvalue weighted by molar-refractivity contribution is -0.137. The fourth-order valence-electron chi connectivity index (χ4n) is 1.68. The Kier molecular flexibility index (Phi) is 3.55. The fourth-order valence-corrected chi connectivity index (χ4v) is 1.68. The molecular formula is C14H10F3NO. The Hall–Kier alpha value is -2.30. The summed E-state index contributed by atoms with van der Waals surface area (Å²) in [4.78, 5) is 0. The van der Waals surface area contributed by atoms with Gasteiger partial charge in [-0.3, -0.25) is 0 Å². The van der Waals surface area contributed by atoms with Gasteiger partial charge in [0.05, 0.1) is 11.8 Å². The first-order chi connectivity index (χ1) is 9.00. The lowest BCUT2D eigenvalue weighted by Crippen LogP contribution is -2.03. The summed E-state index contributed by atoms with van der Waals surface area (Å²) in [6.07, 6.45) is -3.05. The molecule has 0 fully saturated rings. The van der Waals surface area contributed by atoms with E-state index in [1.54, 1.807) is 24.3 Å². The zero-order valence-electron chi connectivity index (χ0n) is 9.72. The number of nitrogens with zero attached hydrogens (tertiary/aromatic N) is 1. The van der Waals surface area contributed by atoms with E-state index in [0.29, 0.717) is 11.1 Å². The van der Waals surface area contributed by atoms with Crippen molar-refractivity contribution < 1.29 is 18.4 Å².